The molecule has 0 radical (unpaired) electrons. The van der Waals surface area contributed by atoms with E-state index in [1.54, 1.807) is 14.1 Å². The van der Waals surface area contributed by atoms with E-state index in [1.807, 2.05) is 31.2 Å². The minimum absolute atomic E-state index is 0. The fourth-order valence-electron chi connectivity index (χ4n) is 2.50. The van der Waals surface area contributed by atoms with Gasteiger partial charge in [0.25, 0.3) is 0 Å². The van der Waals surface area contributed by atoms with E-state index in [1.165, 1.54) is 4.90 Å². The molecule has 0 saturated carbocycles. The molecular formula is C18H28ClIN4O2. The van der Waals surface area contributed by atoms with Gasteiger partial charge in [-0.1, -0.05) is 23.7 Å². The maximum atomic E-state index is 11.8. The van der Waals surface area contributed by atoms with Crippen molar-refractivity contribution in [3.05, 3.63) is 34.9 Å². The van der Waals surface area contributed by atoms with E-state index in [0.29, 0.717) is 17.5 Å². The van der Waals surface area contributed by atoms with Crippen LogP contribution in [-0.4, -0.2) is 56.7 Å². The lowest BCUT2D eigenvalue weighted by Gasteiger charge is -2.20. The Morgan fingerprint density at radius 3 is 2.65 bits per heavy atom. The van der Waals surface area contributed by atoms with Crippen LogP contribution in [-0.2, 0) is 9.53 Å². The Kier molecular flexibility index (Phi) is 10.3. The maximum Gasteiger partial charge on any atom is 0.243 e. The van der Waals surface area contributed by atoms with Gasteiger partial charge < -0.3 is 20.3 Å². The standard InChI is InChI=1S/C18H27ClN4O2.HI/c1-13(14-6-8-15(19)9-7-14)22-18(21-12-17(24)23(2)3)20-11-16-5-4-10-25-16;/h6-9,13,16H,4-5,10-12H2,1-3H3,(H2,20,21,22);1H. The first kappa shape index (κ1) is 23.0. The third-order valence-electron chi connectivity index (χ3n) is 4.12. The minimum atomic E-state index is -0.0441. The number of halogens is 2. The van der Waals surface area contributed by atoms with E-state index in [2.05, 4.69) is 15.6 Å². The number of carbonyl (C=O) groups is 1. The molecule has 1 aliphatic heterocycles. The summed E-state index contributed by atoms with van der Waals surface area (Å²) in [5.41, 5.74) is 1.09. The molecule has 2 unspecified atom stereocenters. The Morgan fingerprint density at radius 2 is 2.08 bits per heavy atom. The van der Waals surface area contributed by atoms with Crippen molar-refractivity contribution in [2.45, 2.75) is 31.9 Å². The number of hydrogen-bond acceptors (Lipinski definition) is 3. The van der Waals surface area contributed by atoms with Crippen molar-refractivity contribution in [2.24, 2.45) is 4.99 Å². The van der Waals surface area contributed by atoms with E-state index < -0.39 is 0 Å². The molecule has 0 bridgehead atoms. The van der Waals surface area contributed by atoms with Gasteiger partial charge in [0.1, 0.15) is 6.54 Å². The smallest absolute Gasteiger partial charge is 0.243 e. The summed E-state index contributed by atoms with van der Waals surface area (Å²) in [7, 11) is 3.45. The summed E-state index contributed by atoms with van der Waals surface area (Å²) in [4.78, 5) is 17.8. The number of nitrogens with one attached hydrogen (secondary N) is 2. The molecule has 1 aromatic carbocycles. The van der Waals surface area contributed by atoms with Crippen molar-refractivity contribution in [1.29, 1.82) is 0 Å². The van der Waals surface area contributed by atoms with Gasteiger partial charge in [-0.05, 0) is 37.5 Å². The first-order valence-corrected chi connectivity index (χ1v) is 8.95. The molecule has 1 aromatic rings. The summed E-state index contributed by atoms with van der Waals surface area (Å²) < 4.78 is 5.63. The average molecular weight is 495 g/mol. The second-order valence-electron chi connectivity index (χ2n) is 6.39. The van der Waals surface area contributed by atoms with Gasteiger partial charge in [0, 0.05) is 32.3 Å². The molecule has 6 nitrogen and oxygen atoms in total. The normalized spacial score (nSPS) is 18.0. The first-order chi connectivity index (χ1) is 12.0. The molecule has 1 saturated heterocycles. The molecule has 1 fully saturated rings. The van der Waals surface area contributed by atoms with Crippen LogP contribution >= 0.6 is 35.6 Å². The average Bonchev–Trinajstić information content (AvgIpc) is 3.10. The van der Waals surface area contributed by atoms with Crippen LogP contribution in [0, 0.1) is 0 Å². The van der Waals surface area contributed by atoms with Crippen LogP contribution in [0.4, 0.5) is 0 Å². The highest BCUT2D eigenvalue weighted by Crippen LogP contribution is 2.16. The van der Waals surface area contributed by atoms with Crippen molar-refractivity contribution in [1.82, 2.24) is 15.5 Å². The molecule has 1 aliphatic rings. The lowest BCUT2D eigenvalue weighted by molar-refractivity contribution is -0.127. The van der Waals surface area contributed by atoms with E-state index in [4.69, 9.17) is 16.3 Å². The van der Waals surface area contributed by atoms with Gasteiger partial charge in [-0.15, -0.1) is 24.0 Å². The van der Waals surface area contributed by atoms with Gasteiger partial charge in [0.2, 0.25) is 5.91 Å². The number of likely N-dealkylation sites (N-methyl/N-ethyl adjacent to an activating group) is 1. The van der Waals surface area contributed by atoms with E-state index in [-0.39, 0.29) is 48.6 Å². The van der Waals surface area contributed by atoms with Crippen LogP contribution in [0.5, 0.6) is 0 Å². The third kappa shape index (κ3) is 7.67. The van der Waals surface area contributed by atoms with Crippen molar-refractivity contribution < 1.29 is 9.53 Å². The largest absolute Gasteiger partial charge is 0.376 e. The summed E-state index contributed by atoms with van der Waals surface area (Å²) in [6, 6.07) is 7.70. The van der Waals surface area contributed by atoms with Crippen LogP contribution in [0.1, 0.15) is 31.4 Å². The Labute approximate surface area is 177 Å². The third-order valence-corrected chi connectivity index (χ3v) is 4.37. The van der Waals surface area contributed by atoms with Crippen LogP contribution in [0.15, 0.2) is 29.3 Å². The predicted molar refractivity (Wildman–Crippen MR) is 116 cm³/mol. The molecule has 0 aliphatic carbocycles. The zero-order chi connectivity index (χ0) is 18.2. The SMILES string of the molecule is CC(NC(=NCC(=O)N(C)C)NCC1CCCO1)c1ccc(Cl)cc1.I. The number of carbonyl (C=O) groups excluding carboxylic acids is 1. The Hall–Kier alpha value is -1.06. The van der Waals surface area contributed by atoms with Crippen LogP contribution in [0.3, 0.4) is 0 Å². The van der Waals surface area contributed by atoms with Crippen LogP contribution in [0.25, 0.3) is 0 Å². The van der Waals surface area contributed by atoms with Gasteiger partial charge in [0.15, 0.2) is 5.96 Å². The fourth-order valence-corrected chi connectivity index (χ4v) is 2.62. The highest BCUT2D eigenvalue weighted by Gasteiger charge is 2.17. The number of nitrogens with zero attached hydrogens (tertiary/aromatic N) is 2. The summed E-state index contributed by atoms with van der Waals surface area (Å²) in [5, 5.41) is 7.33. The Bertz CT molecular complexity index is 589. The van der Waals surface area contributed by atoms with Gasteiger partial charge in [0.05, 0.1) is 12.1 Å². The molecule has 2 atom stereocenters. The molecule has 1 heterocycles. The molecule has 146 valence electrons. The lowest BCUT2D eigenvalue weighted by Crippen LogP contribution is -2.42. The molecular weight excluding hydrogens is 467 g/mol. The second kappa shape index (κ2) is 11.6. The quantitative estimate of drug-likeness (QED) is 0.363. The van der Waals surface area contributed by atoms with Crippen LogP contribution < -0.4 is 10.6 Å². The van der Waals surface area contributed by atoms with Gasteiger partial charge in [-0.2, -0.15) is 0 Å². The monoisotopic (exact) mass is 494 g/mol. The topological polar surface area (TPSA) is 66.0 Å². The van der Waals surface area contributed by atoms with Crippen LogP contribution in [0.2, 0.25) is 5.02 Å². The van der Waals surface area contributed by atoms with Gasteiger partial charge in [-0.25, -0.2) is 4.99 Å². The molecule has 8 heteroatoms. The lowest BCUT2D eigenvalue weighted by atomic mass is 10.1. The Balaban J connectivity index is 0.00000338. The zero-order valence-electron chi connectivity index (χ0n) is 15.5. The Morgan fingerprint density at radius 1 is 1.38 bits per heavy atom. The van der Waals surface area contributed by atoms with Crippen molar-refractivity contribution >= 4 is 47.4 Å². The van der Waals surface area contributed by atoms with E-state index >= 15 is 0 Å². The number of hydrogen-bond donors (Lipinski definition) is 2. The highest BCUT2D eigenvalue weighted by atomic mass is 127. The summed E-state index contributed by atoms with van der Waals surface area (Å²) >= 11 is 5.95. The fraction of sp³-hybridized carbons (Fsp3) is 0.556. The van der Waals surface area contributed by atoms with Gasteiger partial charge in [-0.3, -0.25) is 4.79 Å². The molecule has 26 heavy (non-hydrogen) atoms. The summed E-state index contributed by atoms with van der Waals surface area (Å²) in [5.74, 6) is 0.561. The molecule has 0 spiro atoms. The second-order valence-corrected chi connectivity index (χ2v) is 6.82. The van der Waals surface area contributed by atoms with Crippen molar-refractivity contribution in [3.8, 4) is 0 Å². The molecule has 0 aromatic heterocycles. The number of amides is 1. The van der Waals surface area contributed by atoms with E-state index in [0.717, 1.165) is 25.0 Å². The molecule has 2 N–H and O–H groups in total. The number of guanidine groups is 1. The predicted octanol–water partition coefficient (Wildman–Crippen LogP) is 2.82. The minimum Gasteiger partial charge on any atom is -0.376 e. The maximum absolute atomic E-state index is 11.8. The number of aliphatic imine (C=N–C) groups is 1. The summed E-state index contributed by atoms with van der Waals surface area (Å²) in [6.45, 7) is 3.63. The van der Waals surface area contributed by atoms with E-state index in [9.17, 15) is 4.79 Å². The number of ether oxygens (including phenoxy) is 1. The van der Waals surface area contributed by atoms with Gasteiger partial charge >= 0.3 is 0 Å². The summed E-state index contributed by atoms with van der Waals surface area (Å²) in [6.07, 6.45) is 2.33. The number of benzene rings is 1. The first-order valence-electron chi connectivity index (χ1n) is 8.58. The zero-order valence-corrected chi connectivity index (χ0v) is 18.6. The molecule has 2 rings (SSSR count). The van der Waals surface area contributed by atoms with Crippen molar-refractivity contribution in [2.75, 3.05) is 33.8 Å². The molecule has 1 amide bonds. The van der Waals surface area contributed by atoms with Crippen molar-refractivity contribution in [3.63, 3.8) is 0 Å². The number of rotatable bonds is 6. The highest BCUT2D eigenvalue weighted by molar-refractivity contribution is 14.0.